The van der Waals surface area contributed by atoms with Crippen molar-refractivity contribution < 1.29 is 9.63 Å². The molecule has 0 atom stereocenters. The van der Waals surface area contributed by atoms with Gasteiger partial charge in [0.2, 0.25) is 0 Å². The number of rotatable bonds is 0. The maximum absolute atomic E-state index is 10.1. The first-order valence-corrected chi connectivity index (χ1v) is 5.99. The number of aromatic hydroxyl groups is 1. The van der Waals surface area contributed by atoms with Crippen molar-refractivity contribution in [3.05, 3.63) is 36.0 Å². The lowest BCUT2D eigenvalue weighted by Crippen LogP contribution is -2.11. The van der Waals surface area contributed by atoms with Crippen LogP contribution in [-0.2, 0) is 5.41 Å². The molecule has 1 aromatic heterocycles. The predicted molar refractivity (Wildman–Crippen MR) is 71.9 cm³/mol. The highest BCUT2D eigenvalue weighted by Gasteiger charge is 2.23. The van der Waals surface area contributed by atoms with E-state index in [1.807, 2.05) is 24.3 Å². The largest absolute Gasteiger partial charge is 0.507 e. The van der Waals surface area contributed by atoms with Gasteiger partial charge in [-0.15, -0.1) is 0 Å². The van der Waals surface area contributed by atoms with E-state index in [1.54, 1.807) is 6.07 Å². The Morgan fingerprint density at radius 3 is 2.39 bits per heavy atom. The second kappa shape index (κ2) is 3.48. The van der Waals surface area contributed by atoms with Gasteiger partial charge in [-0.1, -0.05) is 50.2 Å². The SMILES string of the molecule is CC(C)(C)c1noc2c1cc(O)c1ccccc12. The van der Waals surface area contributed by atoms with Gasteiger partial charge in [-0.2, -0.15) is 0 Å². The minimum Gasteiger partial charge on any atom is -0.507 e. The van der Waals surface area contributed by atoms with E-state index in [-0.39, 0.29) is 11.2 Å². The highest BCUT2D eigenvalue weighted by molar-refractivity contribution is 6.08. The summed E-state index contributed by atoms with van der Waals surface area (Å²) in [4.78, 5) is 0. The topological polar surface area (TPSA) is 46.3 Å². The Balaban J connectivity index is 2.49. The summed E-state index contributed by atoms with van der Waals surface area (Å²) < 4.78 is 5.48. The average Bonchev–Trinajstić information content (AvgIpc) is 2.73. The number of phenols is 1. The van der Waals surface area contributed by atoms with Crippen molar-refractivity contribution in [2.75, 3.05) is 0 Å². The molecule has 3 aromatic rings. The third-order valence-electron chi connectivity index (χ3n) is 3.17. The maximum Gasteiger partial charge on any atom is 0.175 e. The molecule has 0 fully saturated rings. The summed E-state index contributed by atoms with van der Waals surface area (Å²) in [5.41, 5.74) is 1.51. The van der Waals surface area contributed by atoms with E-state index in [0.29, 0.717) is 0 Å². The van der Waals surface area contributed by atoms with Crippen molar-refractivity contribution in [2.45, 2.75) is 26.2 Å². The van der Waals surface area contributed by atoms with Crippen molar-refractivity contribution >= 4 is 21.7 Å². The van der Waals surface area contributed by atoms with Crippen LogP contribution in [0.2, 0.25) is 0 Å². The van der Waals surface area contributed by atoms with Gasteiger partial charge < -0.3 is 9.63 Å². The molecule has 92 valence electrons. The van der Waals surface area contributed by atoms with E-state index in [1.165, 1.54) is 0 Å². The summed E-state index contributed by atoms with van der Waals surface area (Å²) in [5, 5.41) is 16.9. The lowest BCUT2D eigenvalue weighted by atomic mass is 9.89. The summed E-state index contributed by atoms with van der Waals surface area (Å²) in [5.74, 6) is 0.270. The molecule has 0 aliphatic carbocycles. The van der Waals surface area contributed by atoms with E-state index in [9.17, 15) is 5.11 Å². The van der Waals surface area contributed by atoms with E-state index >= 15 is 0 Å². The molecular formula is C15H15NO2. The fraction of sp³-hybridized carbons (Fsp3) is 0.267. The molecule has 3 rings (SSSR count). The zero-order chi connectivity index (χ0) is 12.9. The summed E-state index contributed by atoms with van der Waals surface area (Å²) in [6, 6.07) is 9.39. The van der Waals surface area contributed by atoms with Crippen molar-refractivity contribution in [2.24, 2.45) is 0 Å². The molecule has 2 aromatic carbocycles. The molecule has 0 amide bonds. The fourth-order valence-corrected chi connectivity index (χ4v) is 2.29. The second-order valence-corrected chi connectivity index (χ2v) is 5.60. The first-order valence-electron chi connectivity index (χ1n) is 5.99. The van der Waals surface area contributed by atoms with Crippen molar-refractivity contribution in [3.63, 3.8) is 0 Å². The van der Waals surface area contributed by atoms with E-state index < -0.39 is 0 Å². The van der Waals surface area contributed by atoms with Crippen LogP contribution >= 0.6 is 0 Å². The monoisotopic (exact) mass is 241 g/mol. The minimum atomic E-state index is -0.111. The summed E-state index contributed by atoms with van der Waals surface area (Å²) in [6.45, 7) is 6.24. The molecule has 1 N–H and O–H groups in total. The molecule has 0 unspecified atom stereocenters. The molecule has 1 heterocycles. The minimum absolute atomic E-state index is 0.111. The van der Waals surface area contributed by atoms with Crippen molar-refractivity contribution in [1.82, 2.24) is 5.16 Å². The molecule has 18 heavy (non-hydrogen) atoms. The second-order valence-electron chi connectivity index (χ2n) is 5.60. The van der Waals surface area contributed by atoms with Gasteiger partial charge in [-0.25, -0.2) is 0 Å². The van der Waals surface area contributed by atoms with Crippen LogP contribution in [0, 0.1) is 0 Å². The Kier molecular flexibility index (Phi) is 2.14. The normalized spacial score (nSPS) is 12.4. The average molecular weight is 241 g/mol. The van der Waals surface area contributed by atoms with Crippen LogP contribution in [-0.4, -0.2) is 10.3 Å². The number of aromatic nitrogens is 1. The number of hydrogen-bond acceptors (Lipinski definition) is 3. The molecule has 0 aliphatic rings. The number of fused-ring (bicyclic) bond motifs is 3. The zero-order valence-corrected chi connectivity index (χ0v) is 10.7. The van der Waals surface area contributed by atoms with Crippen LogP contribution in [0.25, 0.3) is 21.7 Å². The quantitative estimate of drug-likeness (QED) is 0.647. The summed E-state index contributed by atoms with van der Waals surface area (Å²) in [7, 11) is 0. The zero-order valence-electron chi connectivity index (χ0n) is 10.7. The van der Waals surface area contributed by atoms with Gasteiger partial charge in [0.1, 0.15) is 5.75 Å². The summed E-state index contributed by atoms with van der Waals surface area (Å²) in [6.07, 6.45) is 0. The smallest absolute Gasteiger partial charge is 0.175 e. The van der Waals surface area contributed by atoms with Gasteiger partial charge in [0, 0.05) is 21.6 Å². The first kappa shape index (κ1) is 11.1. The third kappa shape index (κ3) is 1.47. The van der Waals surface area contributed by atoms with Gasteiger partial charge in [0.05, 0.1) is 5.69 Å². The number of hydrogen-bond donors (Lipinski definition) is 1. The molecule has 0 aliphatic heterocycles. The Bertz CT molecular complexity index is 735. The molecule has 3 heteroatoms. The molecule has 0 saturated heterocycles. The van der Waals surface area contributed by atoms with E-state index in [0.717, 1.165) is 27.4 Å². The highest BCUT2D eigenvalue weighted by Crippen LogP contribution is 2.37. The van der Waals surface area contributed by atoms with Gasteiger partial charge in [-0.3, -0.25) is 0 Å². The first-order chi connectivity index (χ1) is 8.48. The maximum atomic E-state index is 10.1. The van der Waals surface area contributed by atoms with Gasteiger partial charge in [0.25, 0.3) is 0 Å². The van der Waals surface area contributed by atoms with Crippen LogP contribution in [0.3, 0.4) is 0 Å². The molecule has 3 nitrogen and oxygen atoms in total. The lowest BCUT2D eigenvalue weighted by molar-refractivity contribution is 0.421. The molecule has 0 saturated carbocycles. The van der Waals surface area contributed by atoms with Crippen LogP contribution in [0.1, 0.15) is 26.5 Å². The molecule has 0 radical (unpaired) electrons. The van der Waals surface area contributed by atoms with Crippen LogP contribution < -0.4 is 0 Å². The third-order valence-corrected chi connectivity index (χ3v) is 3.17. The van der Waals surface area contributed by atoms with Gasteiger partial charge >= 0.3 is 0 Å². The van der Waals surface area contributed by atoms with Crippen molar-refractivity contribution in [3.8, 4) is 5.75 Å². The Labute approximate surface area is 105 Å². The Morgan fingerprint density at radius 2 is 1.72 bits per heavy atom. The van der Waals surface area contributed by atoms with Crippen molar-refractivity contribution in [1.29, 1.82) is 0 Å². The predicted octanol–water partition coefficient (Wildman–Crippen LogP) is 3.98. The fourth-order valence-electron chi connectivity index (χ4n) is 2.29. The van der Waals surface area contributed by atoms with Crippen LogP contribution in [0.15, 0.2) is 34.9 Å². The molecule has 0 bridgehead atoms. The number of benzene rings is 2. The number of phenolic OH excluding ortho intramolecular Hbond substituents is 1. The summed E-state index contributed by atoms with van der Waals surface area (Å²) >= 11 is 0. The van der Waals surface area contributed by atoms with E-state index in [2.05, 4.69) is 25.9 Å². The Morgan fingerprint density at radius 1 is 1.06 bits per heavy atom. The Hall–Kier alpha value is -2.03. The van der Waals surface area contributed by atoms with Crippen LogP contribution in [0.4, 0.5) is 0 Å². The van der Waals surface area contributed by atoms with Gasteiger partial charge in [-0.05, 0) is 6.07 Å². The highest BCUT2D eigenvalue weighted by atomic mass is 16.5. The lowest BCUT2D eigenvalue weighted by Gasteiger charge is -2.14. The molecular weight excluding hydrogens is 226 g/mol. The van der Waals surface area contributed by atoms with E-state index in [4.69, 9.17) is 4.52 Å². The number of nitrogens with zero attached hydrogens (tertiary/aromatic N) is 1. The standard InChI is InChI=1S/C15H15NO2/c1-15(2,3)14-11-8-12(17)9-6-4-5-7-10(9)13(11)18-16-14/h4-8,17H,1-3H3. The molecule has 0 spiro atoms. The van der Waals surface area contributed by atoms with Gasteiger partial charge in [0.15, 0.2) is 5.58 Å². The van der Waals surface area contributed by atoms with Crippen LogP contribution in [0.5, 0.6) is 5.75 Å².